The van der Waals surface area contributed by atoms with Gasteiger partial charge in [0.05, 0.1) is 30.3 Å². The number of ether oxygens (including phenoxy) is 2. The smallest absolute Gasteiger partial charge is 0.305 e. The van der Waals surface area contributed by atoms with Crippen molar-refractivity contribution in [2.24, 2.45) is 5.92 Å². The van der Waals surface area contributed by atoms with E-state index in [4.69, 9.17) is 9.47 Å². The quantitative estimate of drug-likeness (QED) is 0.535. The molecule has 0 radical (unpaired) electrons. The minimum Gasteiger partial charge on any atom is -0.504 e. The Balaban J connectivity index is 1.62. The number of aromatic nitrogens is 1. The summed E-state index contributed by atoms with van der Waals surface area (Å²) in [6.07, 6.45) is 0. The Morgan fingerprint density at radius 3 is 2.55 bits per heavy atom. The number of H-pyrrole nitrogens is 1. The van der Waals surface area contributed by atoms with Gasteiger partial charge in [-0.3, -0.25) is 14.4 Å². The molecule has 1 fully saturated rings. The first-order valence-electron chi connectivity index (χ1n) is 10.3. The number of hydrogen-bond donors (Lipinski definition) is 2. The highest BCUT2D eigenvalue weighted by molar-refractivity contribution is 8.00. The number of carbonyl (C=O) groups excluding carboxylic acids is 2. The number of rotatable bonds is 5. The van der Waals surface area contributed by atoms with E-state index in [-0.39, 0.29) is 28.2 Å². The van der Waals surface area contributed by atoms with E-state index in [1.165, 1.54) is 22.7 Å². The second-order valence-corrected chi connectivity index (χ2v) is 9.79. The molecule has 2 aromatic carbocycles. The van der Waals surface area contributed by atoms with Crippen molar-refractivity contribution in [3.8, 4) is 17.2 Å². The fraction of sp³-hybridized carbons (Fsp3) is 0.261. The Kier molecular flexibility index (Phi) is 5.41. The molecule has 1 saturated heterocycles. The number of methoxy groups -OCH3 is 1. The van der Waals surface area contributed by atoms with Crippen LogP contribution in [-0.4, -0.2) is 40.9 Å². The summed E-state index contributed by atoms with van der Waals surface area (Å²) in [4.78, 5) is 43.8. The van der Waals surface area contributed by atoms with Gasteiger partial charge < -0.3 is 19.6 Å². The van der Waals surface area contributed by atoms with Crippen LogP contribution in [0.3, 0.4) is 0 Å². The van der Waals surface area contributed by atoms with Gasteiger partial charge in [-0.2, -0.15) is 0 Å². The third-order valence-electron chi connectivity index (χ3n) is 5.80. The van der Waals surface area contributed by atoms with Gasteiger partial charge in [0.25, 0.3) is 0 Å². The van der Waals surface area contributed by atoms with Gasteiger partial charge in [-0.15, -0.1) is 0 Å². The molecule has 5 rings (SSSR count). The van der Waals surface area contributed by atoms with E-state index in [0.717, 1.165) is 11.3 Å². The number of imide groups is 1. The summed E-state index contributed by atoms with van der Waals surface area (Å²) < 4.78 is 10.7. The van der Waals surface area contributed by atoms with Crippen molar-refractivity contribution in [2.45, 2.75) is 23.1 Å². The average molecular weight is 485 g/mol. The molecule has 2 unspecified atom stereocenters. The van der Waals surface area contributed by atoms with Gasteiger partial charge in [-0.1, -0.05) is 29.2 Å². The summed E-state index contributed by atoms with van der Waals surface area (Å²) in [6, 6.07) is 11.6. The number of amides is 2. The fourth-order valence-corrected chi connectivity index (χ4v) is 6.87. The van der Waals surface area contributed by atoms with E-state index in [1.54, 1.807) is 50.4 Å². The van der Waals surface area contributed by atoms with Crippen LogP contribution in [0.15, 0.2) is 52.3 Å². The van der Waals surface area contributed by atoms with Gasteiger partial charge in [-0.25, -0.2) is 4.90 Å². The molecule has 2 N–H and O–H groups in total. The molecule has 1 aromatic heterocycles. The molecule has 170 valence electrons. The lowest BCUT2D eigenvalue weighted by molar-refractivity contribution is -0.122. The Hall–Kier alpha value is -3.24. The van der Waals surface area contributed by atoms with E-state index in [1.807, 2.05) is 0 Å². The van der Waals surface area contributed by atoms with Crippen LogP contribution in [0, 0.1) is 5.92 Å². The molecule has 0 bridgehead atoms. The van der Waals surface area contributed by atoms with E-state index >= 15 is 0 Å². The van der Waals surface area contributed by atoms with Crippen molar-refractivity contribution >= 4 is 40.6 Å². The minimum atomic E-state index is -0.706. The zero-order valence-electron chi connectivity index (χ0n) is 17.7. The zero-order valence-corrected chi connectivity index (χ0v) is 19.4. The van der Waals surface area contributed by atoms with Crippen molar-refractivity contribution in [3.05, 3.63) is 62.6 Å². The van der Waals surface area contributed by atoms with Crippen molar-refractivity contribution < 1.29 is 24.2 Å². The predicted molar refractivity (Wildman–Crippen MR) is 125 cm³/mol. The summed E-state index contributed by atoms with van der Waals surface area (Å²) in [5, 5.41) is 10.1. The molecular weight excluding hydrogens is 464 g/mol. The normalized spacial score (nSPS) is 21.6. The van der Waals surface area contributed by atoms with Gasteiger partial charge in [0.2, 0.25) is 11.8 Å². The maximum atomic E-state index is 13.7. The molecule has 0 aliphatic carbocycles. The van der Waals surface area contributed by atoms with Gasteiger partial charge >= 0.3 is 4.87 Å². The maximum Gasteiger partial charge on any atom is 0.305 e. The molecule has 3 aromatic rings. The first kappa shape index (κ1) is 21.6. The van der Waals surface area contributed by atoms with Gasteiger partial charge in [0.1, 0.15) is 11.0 Å². The number of benzene rings is 2. The summed E-state index contributed by atoms with van der Waals surface area (Å²) >= 11 is 2.26. The van der Waals surface area contributed by atoms with Crippen LogP contribution < -0.4 is 19.2 Å². The summed E-state index contributed by atoms with van der Waals surface area (Å²) in [6.45, 7) is 2.16. The number of thiazole rings is 1. The van der Waals surface area contributed by atoms with E-state index in [9.17, 15) is 19.5 Å². The lowest BCUT2D eigenvalue weighted by Crippen LogP contribution is -2.32. The van der Waals surface area contributed by atoms with Crippen molar-refractivity contribution in [1.29, 1.82) is 0 Å². The topological polar surface area (TPSA) is 109 Å². The van der Waals surface area contributed by atoms with Crippen LogP contribution in [0.5, 0.6) is 17.2 Å². The molecule has 0 spiro atoms. The highest BCUT2D eigenvalue weighted by Gasteiger charge is 2.56. The Morgan fingerprint density at radius 2 is 1.85 bits per heavy atom. The number of anilines is 1. The van der Waals surface area contributed by atoms with Crippen LogP contribution in [-0.2, 0) is 9.59 Å². The molecule has 33 heavy (non-hydrogen) atoms. The SMILES string of the molecule is CCOc1cc([C@H]2c3sc(=O)[nH]c3SC3C(=O)N(c4ccc(OC)cc4)C(=O)C32)ccc1O. The lowest BCUT2D eigenvalue weighted by Gasteiger charge is -2.30. The third kappa shape index (κ3) is 3.50. The zero-order chi connectivity index (χ0) is 23.3. The molecule has 3 atom stereocenters. The van der Waals surface area contributed by atoms with Crippen LogP contribution >= 0.6 is 23.1 Å². The van der Waals surface area contributed by atoms with E-state index in [0.29, 0.717) is 33.5 Å². The molecule has 2 amide bonds. The minimum absolute atomic E-state index is 0.0153. The fourth-order valence-electron chi connectivity index (χ4n) is 4.36. The lowest BCUT2D eigenvalue weighted by atomic mass is 9.83. The van der Waals surface area contributed by atoms with Gasteiger partial charge in [0.15, 0.2) is 11.5 Å². The van der Waals surface area contributed by atoms with E-state index in [2.05, 4.69) is 4.98 Å². The number of hydrogen-bond acceptors (Lipinski definition) is 8. The maximum absolute atomic E-state index is 13.7. The Morgan fingerprint density at radius 1 is 1.09 bits per heavy atom. The van der Waals surface area contributed by atoms with Crippen LogP contribution in [0.2, 0.25) is 0 Å². The van der Waals surface area contributed by atoms with Crippen molar-refractivity contribution in [2.75, 3.05) is 18.6 Å². The summed E-state index contributed by atoms with van der Waals surface area (Å²) in [5.74, 6) is -1.000. The van der Waals surface area contributed by atoms with Gasteiger partial charge in [-0.05, 0) is 48.9 Å². The number of carbonyl (C=O) groups is 2. The summed E-state index contributed by atoms with van der Waals surface area (Å²) in [7, 11) is 1.55. The van der Waals surface area contributed by atoms with Crippen LogP contribution in [0.4, 0.5) is 5.69 Å². The number of phenols is 1. The van der Waals surface area contributed by atoms with Gasteiger partial charge in [0, 0.05) is 10.8 Å². The number of phenolic OH excluding ortho intramolecular Hbond substituents is 1. The molecule has 8 nitrogen and oxygen atoms in total. The van der Waals surface area contributed by atoms with E-state index < -0.39 is 17.1 Å². The molecule has 0 saturated carbocycles. The van der Waals surface area contributed by atoms with Crippen molar-refractivity contribution in [3.63, 3.8) is 0 Å². The summed E-state index contributed by atoms with van der Waals surface area (Å²) in [5.41, 5.74) is 1.16. The number of thioether (sulfide) groups is 1. The highest BCUT2D eigenvalue weighted by Crippen LogP contribution is 2.53. The number of nitrogens with zero attached hydrogens (tertiary/aromatic N) is 1. The first-order valence-corrected chi connectivity index (χ1v) is 12.0. The number of aromatic hydroxyl groups is 1. The Labute approximate surface area is 197 Å². The molecular formula is C23H20N2O6S2. The first-order chi connectivity index (χ1) is 15.9. The largest absolute Gasteiger partial charge is 0.504 e. The Bertz CT molecular complexity index is 1300. The standard InChI is InChI=1S/C23H20N2O6S2/c1-3-31-15-10-11(4-9-14(15)26)16-17-19(32-20-18(16)33-23(29)24-20)22(28)25(21(17)27)12-5-7-13(30-2)8-6-12/h4-10,16-17,19,26H,3H2,1-2H3,(H,24,29)/t16-,17?,19?/m1/s1. The predicted octanol–water partition coefficient (Wildman–Crippen LogP) is 3.35. The molecule has 2 aliphatic rings. The number of nitrogens with one attached hydrogen (secondary N) is 1. The second-order valence-electron chi connectivity index (χ2n) is 7.62. The average Bonchev–Trinajstić information content (AvgIpc) is 3.30. The third-order valence-corrected chi connectivity index (χ3v) is 8.20. The molecule has 2 aliphatic heterocycles. The van der Waals surface area contributed by atoms with Crippen molar-refractivity contribution in [1.82, 2.24) is 4.98 Å². The molecule has 3 heterocycles. The highest BCUT2D eigenvalue weighted by atomic mass is 32.2. The number of fused-ring (bicyclic) bond motifs is 2. The molecule has 10 heteroatoms. The number of aromatic amines is 1. The second kappa shape index (κ2) is 8.27. The van der Waals surface area contributed by atoms with Crippen LogP contribution in [0.25, 0.3) is 0 Å². The monoisotopic (exact) mass is 484 g/mol. The van der Waals surface area contributed by atoms with Crippen LogP contribution in [0.1, 0.15) is 23.3 Å².